The summed E-state index contributed by atoms with van der Waals surface area (Å²) < 4.78 is 67.0. The molecule has 1 aromatic heterocycles. The van der Waals surface area contributed by atoms with Gasteiger partial charge in [0.25, 0.3) is 15.9 Å². The quantitative estimate of drug-likeness (QED) is 0.393. The van der Waals surface area contributed by atoms with Crippen LogP contribution in [0.3, 0.4) is 0 Å². The van der Waals surface area contributed by atoms with Crippen LogP contribution in [0.15, 0.2) is 60.0 Å². The Morgan fingerprint density at radius 2 is 1.97 bits per heavy atom. The van der Waals surface area contributed by atoms with Crippen molar-refractivity contribution in [2.24, 2.45) is 0 Å². The summed E-state index contributed by atoms with van der Waals surface area (Å²) in [6.45, 7) is 5.06. The lowest BCUT2D eigenvalue weighted by Gasteiger charge is -2.24. The Bertz CT molecular complexity index is 1330. The Morgan fingerprint density at radius 1 is 1.24 bits per heavy atom. The molecular formula is C21H18ClF3N4O3S2. The Hall–Kier alpha value is -2.96. The number of aromatic nitrogens is 2. The fraction of sp³-hybridized carbons (Fsp3) is 0.190. The fourth-order valence-corrected chi connectivity index (χ4v) is 5.21. The van der Waals surface area contributed by atoms with Gasteiger partial charge in [-0.25, -0.2) is 8.42 Å². The predicted molar refractivity (Wildman–Crippen MR) is 125 cm³/mol. The van der Waals surface area contributed by atoms with Crippen LogP contribution in [0.4, 0.5) is 24.0 Å². The number of alkyl halides is 3. The Labute approximate surface area is 202 Å². The molecule has 0 radical (unpaired) electrons. The number of nitrogens with zero attached hydrogens (tertiary/aromatic N) is 3. The average Bonchev–Trinajstić information content (AvgIpc) is 3.24. The molecule has 7 nitrogen and oxygen atoms in total. The van der Waals surface area contributed by atoms with Crippen molar-refractivity contribution in [1.29, 1.82) is 0 Å². The molecule has 13 heteroatoms. The normalized spacial score (nSPS) is 11.8. The fourth-order valence-electron chi connectivity index (χ4n) is 2.87. The Balaban J connectivity index is 2.00. The van der Waals surface area contributed by atoms with Gasteiger partial charge < -0.3 is 0 Å². The van der Waals surface area contributed by atoms with Gasteiger partial charge in [0.1, 0.15) is 5.01 Å². The molecule has 0 spiro atoms. The highest BCUT2D eigenvalue weighted by atomic mass is 35.5. The molecule has 0 aliphatic heterocycles. The lowest BCUT2D eigenvalue weighted by molar-refractivity contribution is -0.137. The first kappa shape index (κ1) is 25.7. The molecule has 0 bridgehead atoms. The number of carbonyl (C=O) groups is 1. The van der Waals surface area contributed by atoms with Crippen molar-refractivity contribution in [3.05, 3.63) is 76.3 Å². The molecule has 2 aromatic carbocycles. The van der Waals surface area contributed by atoms with Crippen LogP contribution in [0.2, 0.25) is 5.02 Å². The minimum absolute atomic E-state index is 0.0222. The van der Waals surface area contributed by atoms with Crippen molar-refractivity contribution in [1.82, 2.24) is 10.2 Å². The van der Waals surface area contributed by atoms with Crippen LogP contribution in [0.1, 0.15) is 27.9 Å². The van der Waals surface area contributed by atoms with Crippen LogP contribution >= 0.6 is 22.9 Å². The van der Waals surface area contributed by atoms with Gasteiger partial charge in [-0.1, -0.05) is 42.0 Å². The minimum atomic E-state index is -4.66. The molecule has 0 fully saturated rings. The summed E-state index contributed by atoms with van der Waals surface area (Å²) in [6, 6.07) is 7.35. The van der Waals surface area contributed by atoms with Gasteiger partial charge in [0.15, 0.2) is 0 Å². The van der Waals surface area contributed by atoms with E-state index in [2.05, 4.69) is 22.1 Å². The largest absolute Gasteiger partial charge is 0.416 e. The summed E-state index contributed by atoms with van der Waals surface area (Å²) in [7, 11) is -4.39. The van der Waals surface area contributed by atoms with Crippen molar-refractivity contribution in [2.75, 3.05) is 16.2 Å². The number of amides is 1. The molecule has 0 saturated carbocycles. The van der Waals surface area contributed by atoms with Gasteiger partial charge in [0, 0.05) is 0 Å². The molecule has 0 aliphatic carbocycles. The summed E-state index contributed by atoms with van der Waals surface area (Å²) in [4.78, 5) is 12.4. The first-order valence-electron chi connectivity index (χ1n) is 9.71. The molecule has 1 heterocycles. The molecule has 0 unspecified atom stereocenters. The molecule has 3 aromatic rings. The number of carbonyl (C=O) groups excluding carboxylic acids is 1. The molecule has 180 valence electrons. The van der Waals surface area contributed by atoms with Crippen molar-refractivity contribution in [3.8, 4) is 0 Å². The molecule has 1 N–H and O–H groups in total. The topological polar surface area (TPSA) is 92.3 Å². The van der Waals surface area contributed by atoms with Gasteiger partial charge in [-0.2, -0.15) is 13.2 Å². The zero-order valence-corrected chi connectivity index (χ0v) is 20.0. The van der Waals surface area contributed by atoms with E-state index in [1.54, 1.807) is 0 Å². The number of rotatable bonds is 8. The highest BCUT2D eigenvalue weighted by Gasteiger charge is 2.32. The first-order chi connectivity index (χ1) is 16.0. The summed E-state index contributed by atoms with van der Waals surface area (Å²) in [5, 5.41) is 11.1. The van der Waals surface area contributed by atoms with Crippen molar-refractivity contribution >= 4 is 49.7 Å². The van der Waals surface area contributed by atoms with E-state index in [4.69, 9.17) is 11.6 Å². The van der Waals surface area contributed by atoms with E-state index in [0.717, 1.165) is 46.0 Å². The van der Waals surface area contributed by atoms with E-state index in [1.807, 2.05) is 6.92 Å². The third kappa shape index (κ3) is 5.57. The van der Waals surface area contributed by atoms with Gasteiger partial charge >= 0.3 is 6.18 Å². The monoisotopic (exact) mass is 530 g/mol. The summed E-state index contributed by atoms with van der Waals surface area (Å²) in [5.41, 5.74) is -1.37. The predicted octanol–water partition coefficient (Wildman–Crippen LogP) is 5.41. The molecule has 34 heavy (non-hydrogen) atoms. The maximum absolute atomic E-state index is 13.4. The zero-order chi connectivity index (χ0) is 25.1. The Kier molecular flexibility index (Phi) is 7.64. The SMILES string of the molecule is C=CCN(c1cccc(C(F)(F)F)c1)S(=O)(=O)c1ccc(Cl)c(C(=O)Nc2nnc(CC)s2)c1. The van der Waals surface area contributed by atoms with E-state index in [9.17, 15) is 26.4 Å². The third-order valence-electron chi connectivity index (χ3n) is 4.52. The van der Waals surface area contributed by atoms with Crippen LogP contribution in [-0.2, 0) is 22.6 Å². The van der Waals surface area contributed by atoms with Crippen LogP contribution < -0.4 is 9.62 Å². The van der Waals surface area contributed by atoms with E-state index in [-0.39, 0.29) is 32.8 Å². The number of nitrogens with one attached hydrogen (secondary N) is 1. The lowest BCUT2D eigenvalue weighted by atomic mass is 10.2. The number of aryl methyl sites for hydroxylation is 1. The molecular weight excluding hydrogens is 513 g/mol. The molecule has 1 amide bonds. The first-order valence-corrected chi connectivity index (χ1v) is 12.3. The molecule has 0 atom stereocenters. The van der Waals surface area contributed by atoms with Gasteiger partial charge in [-0.15, -0.1) is 16.8 Å². The van der Waals surface area contributed by atoms with E-state index < -0.39 is 27.7 Å². The average molecular weight is 531 g/mol. The van der Waals surface area contributed by atoms with Gasteiger partial charge in [0.2, 0.25) is 5.13 Å². The van der Waals surface area contributed by atoms with Crippen LogP contribution in [-0.4, -0.2) is 31.1 Å². The van der Waals surface area contributed by atoms with E-state index in [1.165, 1.54) is 18.2 Å². The van der Waals surface area contributed by atoms with Crippen LogP contribution in [0, 0.1) is 0 Å². The van der Waals surface area contributed by atoms with Crippen LogP contribution in [0.5, 0.6) is 0 Å². The number of halogens is 4. The third-order valence-corrected chi connectivity index (χ3v) is 7.62. The molecule has 3 rings (SSSR count). The summed E-state index contributed by atoms with van der Waals surface area (Å²) in [5.74, 6) is -0.713. The van der Waals surface area contributed by atoms with E-state index in [0.29, 0.717) is 11.4 Å². The maximum atomic E-state index is 13.4. The lowest BCUT2D eigenvalue weighted by Crippen LogP contribution is -2.31. The summed E-state index contributed by atoms with van der Waals surface area (Å²) in [6.07, 6.45) is -2.80. The number of benzene rings is 2. The van der Waals surface area contributed by atoms with Crippen LogP contribution in [0.25, 0.3) is 0 Å². The molecule has 0 aliphatic rings. The van der Waals surface area contributed by atoms with Gasteiger partial charge in [-0.05, 0) is 42.8 Å². The smallest absolute Gasteiger partial charge is 0.296 e. The Morgan fingerprint density at radius 3 is 2.59 bits per heavy atom. The van der Waals surface area contributed by atoms with Gasteiger partial charge in [0.05, 0.1) is 33.3 Å². The van der Waals surface area contributed by atoms with Gasteiger partial charge in [-0.3, -0.25) is 14.4 Å². The zero-order valence-electron chi connectivity index (χ0n) is 17.6. The van der Waals surface area contributed by atoms with Crippen molar-refractivity contribution in [3.63, 3.8) is 0 Å². The highest BCUT2D eigenvalue weighted by Crippen LogP contribution is 2.34. The number of hydrogen-bond acceptors (Lipinski definition) is 6. The second-order valence-electron chi connectivity index (χ2n) is 6.82. The summed E-state index contributed by atoms with van der Waals surface area (Å²) >= 11 is 7.28. The van der Waals surface area contributed by atoms with Crippen molar-refractivity contribution in [2.45, 2.75) is 24.4 Å². The highest BCUT2D eigenvalue weighted by molar-refractivity contribution is 7.92. The van der Waals surface area contributed by atoms with E-state index >= 15 is 0 Å². The van der Waals surface area contributed by atoms with Crippen molar-refractivity contribution < 1.29 is 26.4 Å². The minimum Gasteiger partial charge on any atom is -0.296 e. The maximum Gasteiger partial charge on any atom is 0.416 e. The number of hydrogen-bond donors (Lipinski definition) is 1. The second kappa shape index (κ2) is 10.1. The standard InChI is InChI=1S/C21H18ClF3N4O3S2/c1-3-10-29(14-7-5-6-13(11-14)21(23,24)25)34(31,32)15-8-9-17(22)16(12-15)19(30)26-20-28-27-18(4-2)33-20/h3,5-9,11-12H,1,4,10H2,2H3,(H,26,28,30). The number of sulfonamides is 1. The second-order valence-corrected chi connectivity index (χ2v) is 10.2. The molecule has 0 saturated heterocycles. The number of anilines is 2.